The van der Waals surface area contributed by atoms with Crippen LogP contribution in [0.25, 0.3) is 17.1 Å². The van der Waals surface area contributed by atoms with Gasteiger partial charge in [-0.2, -0.15) is 0 Å². The molecule has 0 unspecified atom stereocenters. The van der Waals surface area contributed by atoms with E-state index in [4.69, 9.17) is 19.9 Å². The summed E-state index contributed by atoms with van der Waals surface area (Å²) in [4.78, 5) is 14.4. The van der Waals surface area contributed by atoms with Crippen molar-refractivity contribution in [3.8, 4) is 28.6 Å². The van der Waals surface area contributed by atoms with Crippen LogP contribution in [0.4, 0.5) is 0 Å². The average molecular weight is 423 g/mol. The number of amides is 1. The largest absolute Gasteiger partial charge is 0.497 e. The zero-order valence-electron chi connectivity index (χ0n) is 17.6. The molecule has 1 aliphatic heterocycles. The van der Waals surface area contributed by atoms with Gasteiger partial charge in [-0.25, -0.2) is 0 Å². The van der Waals surface area contributed by atoms with E-state index < -0.39 is 5.91 Å². The molecule has 0 spiro atoms. The van der Waals surface area contributed by atoms with Crippen LogP contribution in [0.5, 0.6) is 11.5 Å². The molecule has 0 aliphatic carbocycles. The summed E-state index contributed by atoms with van der Waals surface area (Å²) in [6.45, 7) is 4.19. The van der Waals surface area contributed by atoms with Gasteiger partial charge in [-0.3, -0.25) is 14.3 Å². The summed E-state index contributed by atoms with van der Waals surface area (Å²) in [5.74, 6) is 1.04. The lowest BCUT2D eigenvalue weighted by Gasteiger charge is -2.26. The molecule has 1 amide bonds. The molecule has 9 heteroatoms. The van der Waals surface area contributed by atoms with Gasteiger partial charge >= 0.3 is 0 Å². The predicted molar refractivity (Wildman–Crippen MR) is 115 cm³/mol. The molecule has 0 radical (unpaired) electrons. The molecule has 1 aliphatic rings. The van der Waals surface area contributed by atoms with E-state index in [2.05, 4.69) is 15.1 Å². The van der Waals surface area contributed by atoms with Crippen molar-refractivity contribution in [2.75, 3.05) is 40.5 Å². The summed E-state index contributed by atoms with van der Waals surface area (Å²) in [6.07, 6.45) is 0. The van der Waals surface area contributed by atoms with Crippen molar-refractivity contribution in [2.24, 2.45) is 5.73 Å². The summed E-state index contributed by atoms with van der Waals surface area (Å²) in [7, 11) is 3.15. The maximum Gasteiger partial charge on any atom is 0.287 e. The molecule has 0 bridgehead atoms. The summed E-state index contributed by atoms with van der Waals surface area (Å²) >= 11 is 0. The molecule has 1 aromatic heterocycles. The highest BCUT2D eigenvalue weighted by molar-refractivity contribution is 5.90. The maximum absolute atomic E-state index is 12.1. The maximum atomic E-state index is 12.1. The third-order valence-corrected chi connectivity index (χ3v) is 5.24. The van der Waals surface area contributed by atoms with Crippen molar-refractivity contribution in [3.63, 3.8) is 0 Å². The lowest BCUT2D eigenvalue weighted by atomic mass is 10.1. The molecule has 2 N–H and O–H groups in total. The summed E-state index contributed by atoms with van der Waals surface area (Å²) < 4.78 is 17.8. The van der Waals surface area contributed by atoms with Crippen molar-refractivity contribution in [2.45, 2.75) is 6.54 Å². The molecule has 1 fully saturated rings. The lowest BCUT2D eigenvalue weighted by Crippen LogP contribution is -2.35. The Morgan fingerprint density at radius 3 is 2.45 bits per heavy atom. The highest BCUT2D eigenvalue weighted by Crippen LogP contribution is 2.34. The van der Waals surface area contributed by atoms with Gasteiger partial charge < -0.3 is 19.9 Å². The molecular formula is C22H25N5O4. The fourth-order valence-electron chi connectivity index (χ4n) is 3.61. The number of carbonyl (C=O) groups is 1. The fourth-order valence-corrected chi connectivity index (χ4v) is 3.61. The second-order valence-electron chi connectivity index (χ2n) is 7.17. The number of primary amides is 1. The standard InChI is InChI=1S/C22H25N5O4/c1-29-17-7-8-18(19(13-17)30-2)21-24-25-22(20(23)28)27(21)16-5-3-15(4-6-16)14-26-9-11-31-12-10-26/h3-8,13H,9-12,14H2,1-2H3,(H2,23,28). The van der Waals surface area contributed by atoms with Crippen molar-refractivity contribution >= 4 is 5.91 Å². The number of aromatic nitrogens is 3. The number of morpholine rings is 1. The first-order valence-electron chi connectivity index (χ1n) is 9.97. The first kappa shape index (κ1) is 20.8. The number of methoxy groups -OCH3 is 2. The van der Waals surface area contributed by atoms with E-state index in [1.807, 2.05) is 30.3 Å². The third kappa shape index (κ3) is 4.37. The van der Waals surface area contributed by atoms with Crippen LogP contribution in [0, 0.1) is 0 Å². The van der Waals surface area contributed by atoms with Gasteiger partial charge in [-0.15, -0.1) is 10.2 Å². The predicted octanol–water partition coefficient (Wildman–Crippen LogP) is 1.88. The molecule has 162 valence electrons. The van der Waals surface area contributed by atoms with E-state index in [0.29, 0.717) is 22.9 Å². The molecular weight excluding hydrogens is 398 g/mol. The van der Waals surface area contributed by atoms with Crippen LogP contribution in [0.2, 0.25) is 0 Å². The van der Waals surface area contributed by atoms with Crippen molar-refractivity contribution in [1.82, 2.24) is 19.7 Å². The number of nitrogens with zero attached hydrogens (tertiary/aromatic N) is 4. The first-order valence-corrected chi connectivity index (χ1v) is 9.97. The van der Waals surface area contributed by atoms with Gasteiger partial charge in [0.25, 0.3) is 5.91 Å². The van der Waals surface area contributed by atoms with E-state index in [1.165, 1.54) is 5.56 Å². The zero-order valence-corrected chi connectivity index (χ0v) is 17.6. The smallest absolute Gasteiger partial charge is 0.287 e. The van der Waals surface area contributed by atoms with Gasteiger partial charge in [0.15, 0.2) is 5.82 Å². The SMILES string of the molecule is COc1ccc(-c2nnc(C(N)=O)n2-c2ccc(CN3CCOCC3)cc2)c(OC)c1. The molecule has 31 heavy (non-hydrogen) atoms. The number of hydrogen-bond donors (Lipinski definition) is 1. The molecule has 9 nitrogen and oxygen atoms in total. The topological polar surface area (TPSA) is 105 Å². The normalized spacial score (nSPS) is 14.4. The molecule has 1 saturated heterocycles. The van der Waals surface area contributed by atoms with Gasteiger partial charge in [0.1, 0.15) is 11.5 Å². The number of benzene rings is 2. The number of ether oxygens (including phenoxy) is 3. The molecule has 0 saturated carbocycles. The first-order chi connectivity index (χ1) is 15.1. The molecule has 2 heterocycles. The van der Waals surface area contributed by atoms with E-state index in [0.717, 1.165) is 38.5 Å². The van der Waals surface area contributed by atoms with Gasteiger partial charge in [0.2, 0.25) is 5.82 Å². The van der Waals surface area contributed by atoms with Gasteiger partial charge in [-0.05, 0) is 29.8 Å². The minimum atomic E-state index is -0.663. The van der Waals surface area contributed by atoms with Crippen LogP contribution < -0.4 is 15.2 Å². The lowest BCUT2D eigenvalue weighted by molar-refractivity contribution is 0.0342. The molecule has 3 aromatic rings. The average Bonchev–Trinajstić information content (AvgIpc) is 3.25. The van der Waals surface area contributed by atoms with E-state index in [9.17, 15) is 4.79 Å². The van der Waals surface area contributed by atoms with Crippen LogP contribution >= 0.6 is 0 Å². The number of nitrogens with two attached hydrogens (primary N) is 1. The number of hydrogen-bond acceptors (Lipinski definition) is 7. The Hall–Kier alpha value is -3.43. The zero-order chi connectivity index (χ0) is 21.8. The third-order valence-electron chi connectivity index (χ3n) is 5.24. The molecule has 0 atom stereocenters. The van der Waals surface area contributed by atoms with Gasteiger partial charge in [-0.1, -0.05) is 12.1 Å². The quantitative estimate of drug-likeness (QED) is 0.619. The fraction of sp³-hybridized carbons (Fsp3) is 0.318. The van der Waals surface area contributed by atoms with E-state index >= 15 is 0 Å². The minimum absolute atomic E-state index is 0.0498. The minimum Gasteiger partial charge on any atom is -0.497 e. The highest BCUT2D eigenvalue weighted by Gasteiger charge is 2.22. The highest BCUT2D eigenvalue weighted by atomic mass is 16.5. The van der Waals surface area contributed by atoms with Crippen LogP contribution in [0.1, 0.15) is 16.2 Å². The van der Waals surface area contributed by atoms with Gasteiger partial charge in [0.05, 0.1) is 33.0 Å². The van der Waals surface area contributed by atoms with Crippen molar-refractivity contribution in [1.29, 1.82) is 0 Å². The Balaban J connectivity index is 1.71. The van der Waals surface area contributed by atoms with E-state index in [1.54, 1.807) is 30.9 Å². The Bertz CT molecular complexity index is 1060. The van der Waals surface area contributed by atoms with Crippen molar-refractivity contribution < 1.29 is 19.0 Å². The van der Waals surface area contributed by atoms with Crippen LogP contribution in [0.15, 0.2) is 42.5 Å². The molecule has 2 aromatic carbocycles. The van der Waals surface area contributed by atoms with Crippen LogP contribution in [0.3, 0.4) is 0 Å². The Morgan fingerprint density at radius 2 is 1.81 bits per heavy atom. The summed E-state index contributed by atoms with van der Waals surface area (Å²) in [6, 6.07) is 13.3. The van der Waals surface area contributed by atoms with Gasteiger partial charge in [0, 0.05) is 31.4 Å². The molecule has 4 rings (SSSR count). The summed E-state index contributed by atoms with van der Waals surface area (Å²) in [5, 5.41) is 8.27. The summed E-state index contributed by atoms with van der Waals surface area (Å²) in [5.41, 5.74) is 8.15. The van der Waals surface area contributed by atoms with E-state index in [-0.39, 0.29) is 5.82 Å². The van der Waals surface area contributed by atoms with Crippen LogP contribution in [-0.2, 0) is 11.3 Å². The Labute approximate surface area is 180 Å². The second kappa shape index (κ2) is 9.15. The van der Waals surface area contributed by atoms with Crippen molar-refractivity contribution in [3.05, 3.63) is 53.9 Å². The van der Waals surface area contributed by atoms with Crippen LogP contribution in [-0.4, -0.2) is 66.1 Å². The number of rotatable bonds is 7. The monoisotopic (exact) mass is 423 g/mol. The second-order valence-corrected chi connectivity index (χ2v) is 7.17. The Kier molecular flexibility index (Phi) is 6.15. The number of carbonyl (C=O) groups excluding carboxylic acids is 1. The Morgan fingerprint density at radius 1 is 1.06 bits per heavy atom.